The molecule has 3 aromatic rings. The number of nitrogens with one attached hydrogen (secondary N) is 2. The molecule has 0 aliphatic rings. The summed E-state index contributed by atoms with van der Waals surface area (Å²) in [6, 6.07) is 18.7. The summed E-state index contributed by atoms with van der Waals surface area (Å²) in [5, 5.41) is 2.83. The average molecular weight is 454 g/mol. The summed E-state index contributed by atoms with van der Waals surface area (Å²) in [6.45, 7) is 4.78. The third-order valence-corrected chi connectivity index (χ3v) is 6.44. The van der Waals surface area contributed by atoms with Gasteiger partial charge >= 0.3 is 0 Å². The molecular formula is C24H27N3O4S. The van der Waals surface area contributed by atoms with E-state index >= 15 is 0 Å². The SMILES string of the molecule is CCN(C)c1cccc(NC(=O)c2ccc(OC)c(S(=O)(=O)Nc3ccc(C)cc3)c2)c1. The zero-order chi connectivity index (χ0) is 23.3. The molecule has 0 heterocycles. The zero-order valence-corrected chi connectivity index (χ0v) is 19.4. The molecule has 0 aliphatic carbocycles. The van der Waals surface area contributed by atoms with Gasteiger partial charge in [0.25, 0.3) is 15.9 Å². The van der Waals surface area contributed by atoms with Crippen molar-refractivity contribution in [2.45, 2.75) is 18.7 Å². The molecule has 7 nitrogen and oxygen atoms in total. The molecule has 0 saturated carbocycles. The lowest BCUT2D eigenvalue weighted by molar-refractivity contribution is 0.102. The number of hydrogen-bond acceptors (Lipinski definition) is 5. The van der Waals surface area contributed by atoms with Gasteiger partial charge in [-0.15, -0.1) is 0 Å². The van der Waals surface area contributed by atoms with Crippen LogP contribution in [0.2, 0.25) is 0 Å². The van der Waals surface area contributed by atoms with Crippen molar-refractivity contribution < 1.29 is 17.9 Å². The lowest BCUT2D eigenvalue weighted by Gasteiger charge is -2.18. The van der Waals surface area contributed by atoms with Gasteiger partial charge in [-0.1, -0.05) is 23.8 Å². The van der Waals surface area contributed by atoms with E-state index in [0.717, 1.165) is 17.8 Å². The summed E-state index contributed by atoms with van der Waals surface area (Å²) in [5.74, 6) is -0.275. The summed E-state index contributed by atoms with van der Waals surface area (Å²) >= 11 is 0. The normalized spacial score (nSPS) is 11.0. The van der Waals surface area contributed by atoms with Crippen LogP contribution in [0, 0.1) is 6.92 Å². The predicted octanol–water partition coefficient (Wildman–Crippen LogP) is 4.51. The van der Waals surface area contributed by atoms with E-state index < -0.39 is 15.9 Å². The highest BCUT2D eigenvalue weighted by atomic mass is 32.2. The molecule has 3 rings (SSSR count). The third-order valence-electron chi connectivity index (χ3n) is 5.04. The summed E-state index contributed by atoms with van der Waals surface area (Å²) in [4.78, 5) is 14.8. The van der Waals surface area contributed by atoms with Crippen LogP contribution < -0.4 is 19.7 Å². The van der Waals surface area contributed by atoms with Crippen LogP contribution in [0.25, 0.3) is 0 Å². The quantitative estimate of drug-likeness (QED) is 0.524. The van der Waals surface area contributed by atoms with Gasteiger partial charge in [-0.2, -0.15) is 0 Å². The summed E-state index contributed by atoms with van der Waals surface area (Å²) in [5.41, 5.74) is 3.21. The first-order chi connectivity index (χ1) is 15.2. The molecule has 0 saturated heterocycles. The first-order valence-electron chi connectivity index (χ1n) is 10.1. The number of methoxy groups -OCH3 is 1. The highest BCUT2D eigenvalue weighted by Gasteiger charge is 2.22. The second-order valence-corrected chi connectivity index (χ2v) is 9.01. The van der Waals surface area contributed by atoms with E-state index in [1.807, 2.05) is 56.1 Å². The minimum absolute atomic E-state index is 0.118. The second kappa shape index (κ2) is 9.74. The Morgan fingerprint density at radius 3 is 2.38 bits per heavy atom. The fraction of sp³-hybridized carbons (Fsp3) is 0.208. The number of ether oxygens (including phenoxy) is 1. The first-order valence-corrected chi connectivity index (χ1v) is 11.6. The van der Waals surface area contributed by atoms with Crippen molar-refractivity contribution in [3.8, 4) is 5.75 Å². The van der Waals surface area contributed by atoms with E-state index in [9.17, 15) is 13.2 Å². The van der Waals surface area contributed by atoms with Crippen molar-refractivity contribution >= 4 is 33.0 Å². The van der Waals surface area contributed by atoms with Crippen molar-refractivity contribution in [2.75, 3.05) is 35.6 Å². The number of anilines is 3. The van der Waals surface area contributed by atoms with E-state index in [2.05, 4.69) is 10.0 Å². The maximum absolute atomic E-state index is 13.0. The second-order valence-electron chi connectivity index (χ2n) is 7.36. The van der Waals surface area contributed by atoms with Crippen LogP contribution in [0.4, 0.5) is 17.1 Å². The minimum Gasteiger partial charge on any atom is -0.495 e. The highest BCUT2D eigenvalue weighted by Crippen LogP contribution is 2.28. The third kappa shape index (κ3) is 5.39. The molecule has 8 heteroatoms. The fourth-order valence-electron chi connectivity index (χ4n) is 3.07. The molecule has 1 amide bonds. The van der Waals surface area contributed by atoms with Gasteiger partial charge in [0.1, 0.15) is 10.6 Å². The van der Waals surface area contributed by atoms with Crippen LogP contribution in [0.15, 0.2) is 71.6 Å². The van der Waals surface area contributed by atoms with Gasteiger partial charge in [-0.25, -0.2) is 8.42 Å². The highest BCUT2D eigenvalue weighted by molar-refractivity contribution is 7.92. The number of nitrogens with zero attached hydrogens (tertiary/aromatic N) is 1. The van der Waals surface area contributed by atoms with Gasteiger partial charge in [0.15, 0.2) is 0 Å². The maximum Gasteiger partial charge on any atom is 0.265 e. The molecule has 0 unspecified atom stereocenters. The Morgan fingerprint density at radius 2 is 1.72 bits per heavy atom. The van der Waals surface area contributed by atoms with Crippen molar-refractivity contribution in [3.63, 3.8) is 0 Å². The van der Waals surface area contributed by atoms with Gasteiger partial charge in [0.05, 0.1) is 7.11 Å². The van der Waals surface area contributed by atoms with Crippen LogP contribution in [0.1, 0.15) is 22.8 Å². The topological polar surface area (TPSA) is 87.7 Å². The van der Waals surface area contributed by atoms with Gasteiger partial charge in [-0.05, 0) is 62.4 Å². The number of rotatable bonds is 8. The number of carbonyl (C=O) groups is 1. The molecule has 0 spiro atoms. The van der Waals surface area contributed by atoms with Gasteiger partial charge in [0.2, 0.25) is 0 Å². The van der Waals surface area contributed by atoms with Crippen molar-refractivity contribution in [1.82, 2.24) is 0 Å². The molecule has 2 N–H and O–H groups in total. The summed E-state index contributed by atoms with van der Waals surface area (Å²) in [7, 11) is -0.635. The first kappa shape index (κ1) is 23.1. The molecule has 32 heavy (non-hydrogen) atoms. The zero-order valence-electron chi connectivity index (χ0n) is 18.5. The smallest absolute Gasteiger partial charge is 0.265 e. The molecule has 0 atom stereocenters. The van der Waals surface area contributed by atoms with Crippen LogP contribution >= 0.6 is 0 Å². The van der Waals surface area contributed by atoms with Gasteiger partial charge in [0, 0.05) is 36.2 Å². The van der Waals surface area contributed by atoms with Crippen LogP contribution in [0.3, 0.4) is 0 Å². The number of sulfonamides is 1. The molecule has 0 bridgehead atoms. The van der Waals surface area contributed by atoms with E-state index in [-0.39, 0.29) is 16.2 Å². The van der Waals surface area contributed by atoms with Crippen LogP contribution in [0.5, 0.6) is 5.75 Å². The largest absolute Gasteiger partial charge is 0.495 e. The number of benzene rings is 3. The fourth-order valence-corrected chi connectivity index (χ4v) is 4.32. The minimum atomic E-state index is -3.98. The van der Waals surface area contributed by atoms with Crippen molar-refractivity contribution in [1.29, 1.82) is 0 Å². The summed E-state index contributed by atoms with van der Waals surface area (Å²) < 4.78 is 33.8. The monoisotopic (exact) mass is 453 g/mol. The van der Waals surface area contributed by atoms with Crippen LogP contribution in [-0.4, -0.2) is 35.0 Å². The Kier molecular flexibility index (Phi) is 7.05. The van der Waals surface area contributed by atoms with E-state index in [1.165, 1.54) is 25.3 Å². The molecule has 0 radical (unpaired) electrons. The lowest BCUT2D eigenvalue weighted by atomic mass is 10.2. The van der Waals surface area contributed by atoms with Gasteiger partial charge in [-0.3, -0.25) is 9.52 Å². The Bertz CT molecular complexity index is 1210. The average Bonchev–Trinajstić information content (AvgIpc) is 2.79. The lowest BCUT2D eigenvalue weighted by Crippen LogP contribution is -2.18. The Morgan fingerprint density at radius 1 is 1.00 bits per heavy atom. The van der Waals surface area contributed by atoms with Gasteiger partial charge < -0.3 is 15.0 Å². The maximum atomic E-state index is 13.0. The van der Waals surface area contributed by atoms with Crippen molar-refractivity contribution in [2.24, 2.45) is 0 Å². The number of amides is 1. The van der Waals surface area contributed by atoms with E-state index in [1.54, 1.807) is 18.2 Å². The number of hydrogen-bond donors (Lipinski definition) is 2. The Balaban J connectivity index is 1.88. The Labute approximate surface area is 189 Å². The number of aryl methyl sites for hydroxylation is 1. The standard InChI is InChI=1S/C24H27N3O4S/c1-5-27(3)21-8-6-7-20(16-21)25-24(28)18-11-14-22(31-4)23(15-18)32(29,30)26-19-12-9-17(2)10-13-19/h6-16,26H,5H2,1-4H3,(H,25,28). The summed E-state index contributed by atoms with van der Waals surface area (Å²) in [6.07, 6.45) is 0. The Hall–Kier alpha value is -3.52. The molecule has 0 aromatic heterocycles. The molecule has 0 fully saturated rings. The molecule has 168 valence electrons. The molecule has 3 aromatic carbocycles. The predicted molar refractivity (Wildman–Crippen MR) is 128 cm³/mol. The van der Waals surface area contributed by atoms with Crippen molar-refractivity contribution in [3.05, 3.63) is 77.9 Å². The number of carbonyl (C=O) groups excluding carboxylic acids is 1. The van der Waals surface area contributed by atoms with E-state index in [4.69, 9.17) is 4.74 Å². The molecule has 0 aliphatic heterocycles. The van der Waals surface area contributed by atoms with E-state index in [0.29, 0.717) is 11.4 Å². The molecular weight excluding hydrogens is 426 g/mol. The van der Waals surface area contributed by atoms with Crippen LogP contribution in [-0.2, 0) is 10.0 Å².